The number of phenolic OH excluding ortho intramolecular Hbond substituents is 1. The zero-order chi connectivity index (χ0) is 18.6. The molecule has 0 atom stereocenters. The van der Waals surface area contributed by atoms with Crippen molar-refractivity contribution < 1.29 is 14.6 Å². The summed E-state index contributed by atoms with van der Waals surface area (Å²) in [6.07, 6.45) is 0. The average Bonchev–Trinajstić information content (AvgIpc) is 2.73. The lowest BCUT2D eigenvalue weighted by Gasteiger charge is -2.36. The van der Waals surface area contributed by atoms with E-state index in [1.807, 2.05) is 4.90 Å². The smallest absolute Gasteiger partial charge is 0.260 e. The first-order valence-corrected chi connectivity index (χ1v) is 9.13. The molecule has 3 aromatic carbocycles. The van der Waals surface area contributed by atoms with Gasteiger partial charge >= 0.3 is 0 Å². The first-order chi connectivity index (χ1) is 13.2. The molecule has 0 radical (unpaired) electrons. The highest BCUT2D eigenvalue weighted by atomic mass is 16.5. The van der Waals surface area contributed by atoms with Crippen LogP contribution in [0.3, 0.4) is 0 Å². The predicted molar refractivity (Wildman–Crippen MR) is 106 cm³/mol. The molecule has 1 amide bonds. The zero-order valence-electron chi connectivity index (χ0n) is 15.0. The van der Waals surface area contributed by atoms with Gasteiger partial charge in [0.25, 0.3) is 5.91 Å². The molecule has 5 nitrogen and oxygen atoms in total. The number of rotatable bonds is 4. The van der Waals surface area contributed by atoms with Gasteiger partial charge in [0.05, 0.1) is 0 Å². The van der Waals surface area contributed by atoms with Gasteiger partial charge in [-0.1, -0.05) is 36.4 Å². The Labute approximate surface area is 158 Å². The van der Waals surface area contributed by atoms with Crippen LogP contribution in [0, 0.1) is 0 Å². The summed E-state index contributed by atoms with van der Waals surface area (Å²) < 4.78 is 5.53. The summed E-state index contributed by atoms with van der Waals surface area (Å²) in [4.78, 5) is 16.6. The van der Waals surface area contributed by atoms with Gasteiger partial charge in [-0.05, 0) is 35.7 Å². The number of nitrogens with zero attached hydrogens (tertiary/aromatic N) is 2. The Morgan fingerprint density at radius 1 is 0.889 bits per heavy atom. The summed E-state index contributed by atoms with van der Waals surface area (Å²) in [5.74, 6) is 0.745. The van der Waals surface area contributed by atoms with Crippen LogP contribution in [-0.4, -0.2) is 48.7 Å². The van der Waals surface area contributed by atoms with E-state index in [0.29, 0.717) is 18.8 Å². The van der Waals surface area contributed by atoms with Gasteiger partial charge in [0.15, 0.2) is 6.61 Å². The third-order valence-corrected chi connectivity index (χ3v) is 4.94. The van der Waals surface area contributed by atoms with Gasteiger partial charge in [-0.2, -0.15) is 0 Å². The number of fused-ring (bicyclic) bond motifs is 1. The summed E-state index contributed by atoms with van der Waals surface area (Å²) in [5, 5.41) is 11.8. The summed E-state index contributed by atoms with van der Waals surface area (Å²) >= 11 is 0. The molecule has 1 saturated heterocycles. The van der Waals surface area contributed by atoms with Crippen LogP contribution in [0.5, 0.6) is 11.5 Å². The van der Waals surface area contributed by atoms with Gasteiger partial charge in [-0.25, -0.2) is 0 Å². The largest absolute Gasteiger partial charge is 0.508 e. The normalized spacial score (nSPS) is 14.4. The van der Waals surface area contributed by atoms with Crippen molar-refractivity contribution >= 4 is 22.4 Å². The molecule has 5 heteroatoms. The van der Waals surface area contributed by atoms with Gasteiger partial charge in [-0.3, -0.25) is 4.79 Å². The molecule has 138 valence electrons. The highest BCUT2D eigenvalue weighted by Gasteiger charge is 2.22. The molecular formula is C22H22N2O3. The van der Waals surface area contributed by atoms with Crippen LogP contribution in [0.1, 0.15) is 0 Å². The van der Waals surface area contributed by atoms with E-state index in [-0.39, 0.29) is 18.3 Å². The van der Waals surface area contributed by atoms with E-state index >= 15 is 0 Å². The Morgan fingerprint density at radius 3 is 2.37 bits per heavy atom. The molecule has 0 aromatic heterocycles. The van der Waals surface area contributed by atoms with Crippen LogP contribution in [0.2, 0.25) is 0 Å². The molecule has 1 fully saturated rings. The maximum Gasteiger partial charge on any atom is 0.260 e. The van der Waals surface area contributed by atoms with E-state index in [2.05, 4.69) is 47.4 Å². The second kappa shape index (κ2) is 7.58. The molecule has 0 bridgehead atoms. The molecule has 3 aromatic rings. The van der Waals surface area contributed by atoms with E-state index in [9.17, 15) is 9.90 Å². The summed E-state index contributed by atoms with van der Waals surface area (Å²) in [6.45, 7) is 2.99. The van der Waals surface area contributed by atoms with Gasteiger partial charge in [0.1, 0.15) is 11.5 Å². The third kappa shape index (κ3) is 3.82. The molecule has 27 heavy (non-hydrogen) atoms. The first kappa shape index (κ1) is 17.2. The molecule has 4 rings (SSSR count). The van der Waals surface area contributed by atoms with Crippen molar-refractivity contribution in [2.24, 2.45) is 0 Å². The maximum atomic E-state index is 12.4. The Balaban J connectivity index is 1.35. The van der Waals surface area contributed by atoms with Crippen LogP contribution in [0.4, 0.5) is 5.69 Å². The Hall–Kier alpha value is -3.21. The van der Waals surface area contributed by atoms with Crippen LogP contribution in [-0.2, 0) is 4.79 Å². The average molecular weight is 362 g/mol. The number of hydrogen-bond acceptors (Lipinski definition) is 4. The topological polar surface area (TPSA) is 53.0 Å². The third-order valence-electron chi connectivity index (χ3n) is 4.94. The number of benzene rings is 3. The SMILES string of the molecule is O=C(COc1ccc(O)cc1)N1CCN(c2cccc3ccccc23)CC1. The van der Waals surface area contributed by atoms with Crippen molar-refractivity contribution in [2.75, 3.05) is 37.7 Å². The lowest BCUT2D eigenvalue weighted by Crippen LogP contribution is -2.50. The molecule has 1 heterocycles. The number of piperazine rings is 1. The van der Waals surface area contributed by atoms with Crippen molar-refractivity contribution in [1.29, 1.82) is 0 Å². The van der Waals surface area contributed by atoms with Crippen LogP contribution < -0.4 is 9.64 Å². The molecule has 0 saturated carbocycles. The van der Waals surface area contributed by atoms with Gasteiger partial charge < -0.3 is 19.6 Å². The monoisotopic (exact) mass is 362 g/mol. The van der Waals surface area contributed by atoms with Gasteiger partial charge in [-0.15, -0.1) is 0 Å². The quantitative estimate of drug-likeness (QED) is 0.774. The number of carbonyl (C=O) groups excluding carboxylic acids is 1. The van der Waals surface area contributed by atoms with E-state index in [1.165, 1.54) is 16.5 Å². The number of hydrogen-bond donors (Lipinski definition) is 1. The van der Waals surface area contributed by atoms with Crippen molar-refractivity contribution in [3.8, 4) is 11.5 Å². The fourth-order valence-corrected chi connectivity index (χ4v) is 3.46. The predicted octanol–water partition coefficient (Wildman–Crippen LogP) is 3.27. The molecule has 0 unspecified atom stereocenters. The fraction of sp³-hybridized carbons (Fsp3) is 0.227. The van der Waals surface area contributed by atoms with E-state index in [0.717, 1.165) is 13.1 Å². The fourth-order valence-electron chi connectivity index (χ4n) is 3.46. The van der Waals surface area contributed by atoms with Crippen LogP contribution in [0.15, 0.2) is 66.7 Å². The minimum atomic E-state index is -0.0133. The lowest BCUT2D eigenvalue weighted by molar-refractivity contribution is -0.133. The second-order valence-electron chi connectivity index (χ2n) is 6.65. The van der Waals surface area contributed by atoms with Gasteiger partial charge in [0.2, 0.25) is 0 Å². The first-order valence-electron chi connectivity index (χ1n) is 9.13. The van der Waals surface area contributed by atoms with E-state index in [1.54, 1.807) is 24.3 Å². The summed E-state index contributed by atoms with van der Waals surface area (Å²) in [5.41, 5.74) is 1.22. The lowest BCUT2D eigenvalue weighted by atomic mass is 10.1. The molecule has 1 N–H and O–H groups in total. The van der Waals surface area contributed by atoms with Crippen molar-refractivity contribution in [3.05, 3.63) is 66.7 Å². The second-order valence-corrected chi connectivity index (χ2v) is 6.65. The molecular weight excluding hydrogens is 340 g/mol. The summed E-state index contributed by atoms with van der Waals surface area (Å²) in [7, 11) is 0. The molecule has 1 aliphatic heterocycles. The number of aromatic hydroxyl groups is 1. The maximum absolute atomic E-state index is 12.4. The molecule has 0 spiro atoms. The van der Waals surface area contributed by atoms with Crippen molar-refractivity contribution in [1.82, 2.24) is 4.90 Å². The van der Waals surface area contributed by atoms with Crippen molar-refractivity contribution in [3.63, 3.8) is 0 Å². The summed E-state index contributed by atoms with van der Waals surface area (Å²) in [6, 6.07) is 21.1. The minimum Gasteiger partial charge on any atom is -0.508 e. The highest BCUT2D eigenvalue weighted by molar-refractivity contribution is 5.94. The van der Waals surface area contributed by atoms with Gasteiger partial charge in [0, 0.05) is 37.3 Å². The standard InChI is InChI=1S/C22H22N2O3/c25-18-8-10-19(11-9-18)27-16-22(26)24-14-12-23(13-15-24)21-7-3-5-17-4-1-2-6-20(17)21/h1-11,25H,12-16H2. The van der Waals surface area contributed by atoms with Crippen molar-refractivity contribution in [2.45, 2.75) is 0 Å². The molecule has 1 aliphatic rings. The number of anilines is 1. The zero-order valence-corrected chi connectivity index (χ0v) is 15.0. The Bertz CT molecular complexity index is 926. The number of amides is 1. The number of ether oxygens (including phenoxy) is 1. The number of carbonyl (C=O) groups is 1. The van der Waals surface area contributed by atoms with E-state index < -0.39 is 0 Å². The minimum absolute atomic E-state index is 0.0129. The molecule has 0 aliphatic carbocycles. The van der Waals surface area contributed by atoms with Crippen LogP contribution >= 0.6 is 0 Å². The Kier molecular flexibility index (Phi) is 4.83. The number of phenols is 1. The highest BCUT2D eigenvalue weighted by Crippen LogP contribution is 2.27. The van der Waals surface area contributed by atoms with Crippen LogP contribution in [0.25, 0.3) is 10.8 Å². The Morgan fingerprint density at radius 2 is 1.59 bits per heavy atom. The van der Waals surface area contributed by atoms with E-state index in [4.69, 9.17) is 4.74 Å².